The van der Waals surface area contributed by atoms with Gasteiger partial charge in [0.25, 0.3) is 0 Å². The second-order valence-electron chi connectivity index (χ2n) is 24.5. The van der Waals surface area contributed by atoms with Crippen molar-refractivity contribution in [2.75, 3.05) is 0 Å². The molecule has 8 heteroatoms. The summed E-state index contributed by atoms with van der Waals surface area (Å²) in [4.78, 5) is 0. The molecule has 1 aliphatic rings. The topological polar surface area (TPSA) is 0 Å². The average Bonchev–Trinajstić information content (AvgIpc) is 4.06. The van der Waals surface area contributed by atoms with Gasteiger partial charge < -0.3 is 0 Å². The number of benzene rings is 6. The smallest absolute Gasteiger partial charge is 0.0920 e. The summed E-state index contributed by atoms with van der Waals surface area (Å²) in [5, 5.41) is 14.8. The zero-order chi connectivity index (χ0) is 53.1. The summed E-state index contributed by atoms with van der Waals surface area (Å²) < 4.78 is 0. The second kappa shape index (κ2) is 24.0. The van der Waals surface area contributed by atoms with Gasteiger partial charge in [0.1, 0.15) is 0 Å². The zero-order valence-corrected chi connectivity index (χ0v) is 55.9. The molecule has 0 amide bonds. The van der Waals surface area contributed by atoms with Crippen LogP contribution in [0, 0.1) is 19.9 Å². The Morgan fingerprint density at radius 2 is 0.889 bits per heavy atom. The monoisotopic (exact) mass is 1150 g/mol. The molecule has 0 aliphatic carbocycles. The van der Waals surface area contributed by atoms with Crippen molar-refractivity contribution in [1.82, 2.24) is 0 Å². The third kappa shape index (κ3) is 13.9. The van der Waals surface area contributed by atoms with Crippen LogP contribution in [0.25, 0.3) is 54.9 Å². The first-order valence-corrected chi connectivity index (χ1v) is 47.6. The van der Waals surface area contributed by atoms with Gasteiger partial charge in [0, 0.05) is 0 Å². The molecule has 378 valence electrons. The number of halogens is 2. The van der Waals surface area contributed by atoms with Crippen LogP contribution >= 0.6 is 17.0 Å². The van der Waals surface area contributed by atoms with Crippen molar-refractivity contribution in [3.8, 4) is 33.4 Å². The molecule has 0 saturated carbocycles. The number of hydrogen-bond acceptors (Lipinski definition) is 0. The molecule has 2 radical (unpaired) electrons. The van der Waals surface area contributed by atoms with E-state index in [4.69, 9.17) is 17.0 Å². The fraction of sp³-hybridized carbons (Fsp3) is 0.344. The van der Waals surface area contributed by atoms with Crippen LogP contribution in [-0.2, 0) is 20.8 Å². The van der Waals surface area contributed by atoms with E-state index in [-0.39, 0.29) is 0 Å². The Morgan fingerprint density at radius 3 is 1.26 bits per heavy atom. The molecule has 1 heterocycles. The van der Waals surface area contributed by atoms with E-state index < -0.39 is 53.1 Å². The van der Waals surface area contributed by atoms with Gasteiger partial charge in [-0.2, -0.15) is 41.6 Å². The minimum atomic E-state index is -1.39. The van der Waals surface area contributed by atoms with E-state index in [1.54, 1.807) is 20.7 Å². The third-order valence-corrected chi connectivity index (χ3v) is 24.3. The second-order valence-corrected chi connectivity index (χ2v) is 49.8. The van der Waals surface area contributed by atoms with E-state index in [0.29, 0.717) is 11.8 Å². The molecule has 0 nitrogen and oxygen atoms in total. The van der Waals surface area contributed by atoms with Gasteiger partial charge >= 0.3 is 37.9 Å². The van der Waals surface area contributed by atoms with Crippen LogP contribution < -0.4 is 31.1 Å². The molecule has 0 fully saturated rings. The fourth-order valence-electron chi connectivity index (χ4n) is 9.64. The molecular formula is C64H81Cl2Si5Zr-3. The predicted molar refractivity (Wildman–Crippen MR) is 336 cm³/mol. The first kappa shape index (κ1) is 58.4. The van der Waals surface area contributed by atoms with Gasteiger partial charge in [-0.15, -0.1) is 74.6 Å². The molecule has 9 rings (SSSR count). The maximum Gasteiger partial charge on any atom is 0.0920 e. The van der Waals surface area contributed by atoms with Crippen LogP contribution in [0.2, 0.25) is 78.6 Å². The van der Waals surface area contributed by atoms with Crippen LogP contribution in [0.5, 0.6) is 0 Å². The molecule has 8 aromatic rings. The van der Waals surface area contributed by atoms with E-state index in [9.17, 15) is 0 Å². The van der Waals surface area contributed by atoms with Crippen molar-refractivity contribution in [1.29, 1.82) is 0 Å². The Balaban J connectivity index is 0.000000181. The molecule has 2 atom stereocenters. The molecule has 1 aliphatic heterocycles. The number of rotatable bonds is 10. The molecular weight excluding hydrogens is 1070 g/mol. The molecule has 2 unspecified atom stereocenters. The Kier molecular flexibility index (Phi) is 19.4. The third-order valence-electron chi connectivity index (χ3n) is 14.8. The Labute approximate surface area is 462 Å². The molecule has 0 aromatic heterocycles. The van der Waals surface area contributed by atoms with Crippen molar-refractivity contribution >= 4 is 112 Å². The molecule has 0 bridgehead atoms. The van der Waals surface area contributed by atoms with Crippen molar-refractivity contribution in [2.45, 2.75) is 145 Å². The van der Waals surface area contributed by atoms with E-state index in [1.807, 2.05) is 6.07 Å². The van der Waals surface area contributed by atoms with Crippen LogP contribution in [0.4, 0.5) is 0 Å². The van der Waals surface area contributed by atoms with Crippen LogP contribution in [-0.4, -0.2) is 41.8 Å². The molecule has 0 spiro atoms. The Morgan fingerprint density at radius 1 is 0.514 bits per heavy atom. The van der Waals surface area contributed by atoms with Crippen molar-refractivity contribution in [3.63, 3.8) is 0 Å². The fourth-order valence-corrected chi connectivity index (χ4v) is 15.9. The summed E-state index contributed by atoms with van der Waals surface area (Å²) in [5.41, 5.74) is 14.3. The van der Waals surface area contributed by atoms with Gasteiger partial charge in [0.2, 0.25) is 0 Å². The van der Waals surface area contributed by atoms with Gasteiger partial charge in [0.05, 0.1) is 41.8 Å². The zero-order valence-electron chi connectivity index (χ0n) is 46.9. The quantitative estimate of drug-likeness (QED) is 0.0946. The predicted octanol–water partition coefficient (Wildman–Crippen LogP) is 16.8. The number of aryl methyl sites for hydroxylation is 2. The van der Waals surface area contributed by atoms with E-state index in [1.165, 1.54) is 100 Å². The Hall–Kier alpha value is -2.91. The van der Waals surface area contributed by atoms with E-state index in [0.717, 1.165) is 9.52 Å². The number of fused-ring (bicyclic) bond motifs is 5. The SMILES string of the molecule is CCC(C)c1cc2c(-c3cc([Si](C)(C)C)cc([Si](C)(C)C)c3)c(C)ccc2[cH-]1.CCC(C)c1cc2c(-c3cc([Si](C)(C)C)cc([Si](C)(C)C)c3)c(C)ccc2[cH-]1.[Cl][Zr][Cl].[c-]1cccc2c1[Si]c1ccccc1-2. The van der Waals surface area contributed by atoms with Crippen molar-refractivity contribution in [2.24, 2.45) is 0 Å². The first-order chi connectivity index (χ1) is 33.7. The summed E-state index contributed by atoms with van der Waals surface area (Å²) in [6, 6.07) is 52.3. The van der Waals surface area contributed by atoms with Gasteiger partial charge in [-0.25, -0.2) is 0 Å². The first-order valence-electron chi connectivity index (χ1n) is 26.3. The van der Waals surface area contributed by atoms with Crippen LogP contribution in [0.15, 0.2) is 127 Å². The standard InChI is InChI=1S/2C26H37Si2.C12H7Si.2ClH.Zr/c2*1-10-18(2)21-13-20-12-11-19(3)26(25(20)16-21)22-14-23(27(4,5)6)17-24(15-22)28(7,8)9;1-3-7-11-9(5-1)10-6-2-4-8-12(10)13-11;;;/h2*11-18H,10H2,1-9H3;1-7H;2*1H;/q3*-1;;;+2/p-2. The van der Waals surface area contributed by atoms with Gasteiger partial charge in [0.15, 0.2) is 0 Å². The summed E-state index contributed by atoms with van der Waals surface area (Å²) in [6.45, 7) is 43.4. The normalized spacial score (nSPS) is 13.2. The van der Waals surface area contributed by atoms with Crippen molar-refractivity contribution < 1.29 is 20.8 Å². The van der Waals surface area contributed by atoms with Crippen LogP contribution in [0.3, 0.4) is 0 Å². The minimum Gasteiger partial charge on any atom is -0.184 e. The van der Waals surface area contributed by atoms with E-state index >= 15 is 0 Å². The van der Waals surface area contributed by atoms with Gasteiger partial charge in [-0.05, 0) is 36.8 Å². The van der Waals surface area contributed by atoms with Gasteiger partial charge in [-0.1, -0.05) is 234 Å². The minimum absolute atomic E-state index is 0.617. The summed E-state index contributed by atoms with van der Waals surface area (Å²) in [5.74, 6) is 1.23. The molecule has 0 saturated heterocycles. The summed E-state index contributed by atoms with van der Waals surface area (Å²) >= 11 is -0.826. The van der Waals surface area contributed by atoms with Gasteiger partial charge in [-0.3, -0.25) is 0 Å². The number of hydrogen-bond donors (Lipinski definition) is 0. The largest absolute Gasteiger partial charge is 0.184 e. The van der Waals surface area contributed by atoms with Crippen LogP contribution in [0.1, 0.15) is 74.6 Å². The maximum absolute atomic E-state index is 4.93. The van der Waals surface area contributed by atoms with Crippen molar-refractivity contribution in [3.05, 3.63) is 156 Å². The molecule has 0 N–H and O–H groups in total. The van der Waals surface area contributed by atoms with E-state index in [2.05, 4.69) is 248 Å². The Bertz CT molecular complexity index is 2860. The maximum atomic E-state index is 4.93. The summed E-state index contributed by atoms with van der Waals surface area (Å²) in [7, 11) is 5.11. The molecule has 8 aromatic carbocycles. The molecule has 72 heavy (non-hydrogen) atoms. The summed E-state index contributed by atoms with van der Waals surface area (Å²) in [6.07, 6.45) is 2.38. The average molecular weight is 1150 g/mol.